The Morgan fingerprint density at radius 3 is 2.73 bits per heavy atom. The zero-order chi connectivity index (χ0) is 18.6. The van der Waals surface area contributed by atoms with Gasteiger partial charge in [0.05, 0.1) is 11.2 Å². The van der Waals surface area contributed by atoms with Gasteiger partial charge in [-0.3, -0.25) is 4.79 Å². The van der Waals surface area contributed by atoms with Crippen molar-refractivity contribution in [3.8, 4) is 0 Å². The maximum atomic E-state index is 12.6. The van der Waals surface area contributed by atoms with E-state index in [9.17, 15) is 13.2 Å². The molecule has 1 fully saturated rings. The Hall–Kier alpha value is -2.19. The lowest BCUT2D eigenvalue weighted by Crippen LogP contribution is -2.29. The summed E-state index contributed by atoms with van der Waals surface area (Å²) in [5, 5.41) is 0. The zero-order valence-electron chi connectivity index (χ0n) is 14.9. The predicted molar refractivity (Wildman–Crippen MR) is 98.3 cm³/mol. The molecule has 1 aromatic heterocycles. The van der Waals surface area contributed by atoms with Crippen molar-refractivity contribution in [2.45, 2.75) is 37.6 Å². The molecule has 0 bridgehead atoms. The number of imidazole rings is 1. The monoisotopic (exact) mass is 376 g/mol. The molecule has 0 unspecified atom stereocenters. The number of amides is 1. The fraction of sp³-hybridized carbons (Fsp3) is 0.444. The molecule has 0 saturated carbocycles. The van der Waals surface area contributed by atoms with Crippen LogP contribution in [-0.2, 0) is 16.6 Å². The number of carbonyl (C=O) groups is 1. The standard InChI is InChI=1S/C18H24N4O3S/c1-15-5-6-16(13-17(15)18(23)22-10-2-3-11-22)26(24,25)20-7-4-9-21-12-8-19-14-21/h5-6,8,12-14,20H,2-4,7,9-11H2,1H3. The first-order valence-corrected chi connectivity index (χ1v) is 10.3. The highest BCUT2D eigenvalue weighted by atomic mass is 32.2. The van der Waals surface area contributed by atoms with Gasteiger partial charge in [0.15, 0.2) is 0 Å². The Bertz CT molecular complexity index is 857. The third-order valence-electron chi connectivity index (χ3n) is 4.59. The van der Waals surface area contributed by atoms with Gasteiger partial charge >= 0.3 is 0 Å². The van der Waals surface area contributed by atoms with E-state index in [4.69, 9.17) is 0 Å². The Kier molecular flexibility index (Phi) is 5.73. The molecule has 1 amide bonds. The number of likely N-dealkylation sites (tertiary alicyclic amines) is 1. The summed E-state index contributed by atoms with van der Waals surface area (Å²) in [6.07, 6.45) is 7.88. The number of benzene rings is 1. The number of carbonyl (C=O) groups excluding carboxylic acids is 1. The molecule has 1 N–H and O–H groups in total. The normalized spacial score (nSPS) is 14.7. The summed E-state index contributed by atoms with van der Waals surface area (Å²) in [7, 11) is -3.64. The van der Waals surface area contributed by atoms with E-state index in [0.29, 0.717) is 25.1 Å². The van der Waals surface area contributed by atoms with Crippen molar-refractivity contribution in [2.24, 2.45) is 0 Å². The van der Waals surface area contributed by atoms with Crippen LogP contribution in [0.15, 0.2) is 41.8 Å². The molecular weight excluding hydrogens is 352 g/mol. The number of rotatable bonds is 7. The van der Waals surface area contributed by atoms with Gasteiger partial charge in [0.25, 0.3) is 5.91 Å². The number of aromatic nitrogens is 2. The van der Waals surface area contributed by atoms with Crippen LogP contribution in [0.1, 0.15) is 35.2 Å². The molecule has 7 nitrogen and oxygen atoms in total. The van der Waals surface area contributed by atoms with E-state index in [1.54, 1.807) is 29.6 Å². The number of aryl methyl sites for hydroxylation is 2. The molecule has 1 saturated heterocycles. The van der Waals surface area contributed by atoms with E-state index in [0.717, 1.165) is 31.5 Å². The van der Waals surface area contributed by atoms with Crippen LogP contribution in [0.4, 0.5) is 0 Å². The largest absolute Gasteiger partial charge is 0.339 e. The first-order chi connectivity index (χ1) is 12.5. The maximum Gasteiger partial charge on any atom is 0.254 e. The third kappa shape index (κ3) is 4.31. The van der Waals surface area contributed by atoms with Gasteiger partial charge in [-0.1, -0.05) is 6.07 Å². The first kappa shape index (κ1) is 18.6. The average molecular weight is 376 g/mol. The van der Waals surface area contributed by atoms with Crippen molar-refractivity contribution >= 4 is 15.9 Å². The molecule has 0 radical (unpaired) electrons. The van der Waals surface area contributed by atoms with Gasteiger partial charge < -0.3 is 9.47 Å². The highest BCUT2D eigenvalue weighted by molar-refractivity contribution is 7.89. The van der Waals surface area contributed by atoms with Crippen molar-refractivity contribution < 1.29 is 13.2 Å². The molecule has 1 aliphatic heterocycles. The molecule has 3 rings (SSSR count). The van der Waals surface area contributed by atoms with Crippen LogP contribution in [0.25, 0.3) is 0 Å². The Morgan fingerprint density at radius 2 is 2.04 bits per heavy atom. The quantitative estimate of drug-likeness (QED) is 0.747. The third-order valence-corrected chi connectivity index (χ3v) is 6.05. The van der Waals surface area contributed by atoms with Gasteiger partial charge in [0, 0.05) is 44.1 Å². The number of hydrogen-bond donors (Lipinski definition) is 1. The summed E-state index contributed by atoms with van der Waals surface area (Å²) < 4.78 is 29.6. The van der Waals surface area contributed by atoms with E-state index in [2.05, 4.69) is 9.71 Å². The highest BCUT2D eigenvalue weighted by Crippen LogP contribution is 2.20. The number of nitrogens with one attached hydrogen (secondary N) is 1. The molecular formula is C18H24N4O3S. The van der Waals surface area contributed by atoms with E-state index in [-0.39, 0.29) is 10.8 Å². The topological polar surface area (TPSA) is 84.3 Å². The maximum absolute atomic E-state index is 12.6. The van der Waals surface area contributed by atoms with Gasteiger partial charge in [-0.2, -0.15) is 0 Å². The van der Waals surface area contributed by atoms with E-state index < -0.39 is 10.0 Å². The summed E-state index contributed by atoms with van der Waals surface area (Å²) in [5.74, 6) is -0.0860. The van der Waals surface area contributed by atoms with Crippen LogP contribution in [0, 0.1) is 6.92 Å². The number of hydrogen-bond acceptors (Lipinski definition) is 4. The highest BCUT2D eigenvalue weighted by Gasteiger charge is 2.23. The summed E-state index contributed by atoms with van der Waals surface area (Å²) >= 11 is 0. The second kappa shape index (κ2) is 8.01. The van der Waals surface area contributed by atoms with Crippen LogP contribution >= 0.6 is 0 Å². The molecule has 2 heterocycles. The number of sulfonamides is 1. The lowest BCUT2D eigenvalue weighted by molar-refractivity contribution is 0.0792. The fourth-order valence-corrected chi connectivity index (χ4v) is 4.16. The van der Waals surface area contributed by atoms with Crippen molar-refractivity contribution in [3.63, 3.8) is 0 Å². The van der Waals surface area contributed by atoms with Crippen LogP contribution < -0.4 is 4.72 Å². The van der Waals surface area contributed by atoms with Gasteiger partial charge in [-0.15, -0.1) is 0 Å². The van der Waals surface area contributed by atoms with Crippen LogP contribution in [0.2, 0.25) is 0 Å². The van der Waals surface area contributed by atoms with E-state index >= 15 is 0 Å². The molecule has 26 heavy (non-hydrogen) atoms. The van der Waals surface area contributed by atoms with Crippen molar-refractivity contribution in [2.75, 3.05) is 19.6 Å². The zero-order valence-corrected chi connectivity index (χ0v) is 15.7. The second-order valence-electron chi connectivity index (χ2n) is 6.53. The molecule has 140 valence electrons. The lowest BCUT2D eigenvalue weighted by atomic mass is 10.1. The van der Waals surface area contributed by atoms with Crippen molar-refractivity contribution in [1.82, 2.24) is 19.2 Å². The average Bonchev–Trinajstić information content (AvgIpc) is 3.32. The van der Waals surface area contributed by atoms with Gasteiger partial charge in [0.1, 0.15) is 0 Å². The minimum Gasteiger partial charge on any atom is -0.339 e. The molecule has 0 spiro atoms. The molecule has 1 aromatic carbocycles. The molecule has 8 heteroatoms. The summed E-state index contributed by atoms with van der Waals surface area (Å²) in [4.78, 5) is 18.5. The van der Waals surface area contributed by atoms with Crippen LogP contribution in [-0.4, -0.2) is 48.4 Å². The number of nitrogens with zero attached hydrogens (tertiary/aromatic N) is 3. The first-order valence-electron chi connectivity index (χ1n) is 8.83. The smallest absolute Gasteiger partial charge is 0.254 e. The SMILES string of the molecule is Cc1ccc(S(=O)(=O)NCCCn2ccnc2)cc1C(=O)N1CCCC1. The Balaban J connectivity index is 1.66. The molecule has 0 atom stereocenters. The van der Waals surface area contributed by atoms with Crippen LogP contribution in [0.3, 0.4) is 0 Å². The molecule has 2 aromatic rings. The van der Waals surface area contributed by atoms with Crippen LogP contribution in [0.5, 0.6) is 0 Å². The Labute approximate surface area is 154 Å². The van der Waals surface area contributed by atoms with Gasteiger partial charge in [0.2, 0.25) is 10.0 Å². The summed E-state index contributed by atoms with van der Waals surface area (Å²) in [5.41, 5.74) is 1.26. The lowest BCUT2D eigenvalue weighted by Gasteiger charge is -2.17. The van der Waals surface area contributed by atoms with Crippen molar-refractivity contribution in [1.29, 1.82) is 0 Å². The van der Waals surface area contributed by atoms with Gasteiger partial charge in [-0.25, -0.2) is 18.1 Å². The summed E-state index contributed by atoms with van der Waals surface area (Å²) in [6.45, 7) is 4.32. The predicted octanol–water partition coefficient (Wildman–Crippen LogP) is 1.80. The Morgan fingerprint density at radius 1 is 1.27 bits per heavy atom. The fourth-order valence-electron chi connectivity index (χ4n) is 3.06. The van der Waals surface area contributed by atoms with Crippen molar-refractivity contribution in [3.05, 3.63) is 48.0 Å². The second-order valence-corrected chi connectivity index (χ2v) is 8.29. The van der Waals surface area contributed by atoms with E-state index in [1.807, 2.05) is 17.7 Å². The summed E-state index contributed by atoms with van der Waals surface area (Å²) in [6, 6.07) is 4.74. The minimum absolute atomic E-state index is 0.0860. The molecule has 1 aliphatic rings. The minimum atomic E-state index is -3.64. The van der Waals surface area contributed by atoms with E-state index in [1.165, 1.54) is 6.07 Å². The molecule has 0 aliphatic carbocycles. The van der Waals surface area contributed by atoms with Gasteiger partial charge in [-0.05, 0) is 43.9 Å².